The first kappa shape index (κ1) is 15.5. The van der Waals surface area contributed by atoms with Gasteiger partial charge in [-0.15, -0.1) is 0 Å². The molecule has 0 aliphatic rings. The van der Waals surface area contributed by atoms with Gasteiger partial charge in [0, 0.05) is 6.54 Å². The van der Waals surface area contributed by atoms with Crippen LogP contribution in [0.4, 0.5) is 5.82 Å². The average Bonchev–Trinajstić information content (AvgIpc) is 2.94. The van der Waals surface area contributed by atoms with Gasteiger partial charge < -0.3 is 15.3 Å². The zero-order valence-corrected chi connectivity index (χ0v) is 12.7. The van der Waals surface area contributed by atoms with Crippen LogP contribution >= 0.6 is 0 Å². The molecule has 3 rings (SSSR count). The maximum Gasteiger partial charge on any atom is 0.438 e. The standard InChI is InChI=1S/C16H15N5O3/c22-20-15(17-12-11-13-7-3-1-4-8-13)16(21(23)24)18-19(20)14-9-5-2-6-10-14/h1-10,22H,11-12H2. The molecule has 2 aromatic carbocycles. The molecule has 3 aromatic rings. The Kier molecular flexibility index (Phi) is 4.37. The van der Waals surface area contributed by atoms with Crippen molar-refractivity contribution < 1.29 is 10.1 Å². The summed E-state index contributed by atoms with van der Waals surface area (Å²) in [7, 11) is 0. The molecule has 0 saturated carbocycles. The Morgan fingerprint density at radius 2 is 1.71 bits per heavy atom. The third-order valence-corrected chi connectivity index (χ3v) is 3.42. The van der Waals surface area contributed by atoms with Crippen molar-refractivity contribution in [2.45, 2.75) is 6.42 Å². The van der Waals surface area contributed by atoms with Gasteiger partial charge >= 0.3 is 5.82 Å². The van der Waals surface area contributed by atoms with E-state index >= 15 is 0 Å². The molecular weight excluding hydrogens is 310 g/mol. The number of hydrogen-bond acceptors (Lipinski definition) is 5. The minimum absolute atomic E-state index is 0.181. The van der Waals surface area contributed by atoms with Crippen molar-refractivity contribution in [1.82, 2.24) is 14.7 Å². The van der Waals surface area contributed by atoms with Gasteiger partial charge in [0.05, 0.1) is 5.10 Å². The molecule has 8 nitrogen and oxygen atoms in total. The molecule has 0 aliphatic heterocycles. The van der Waals surface area contributed by atoms with Crippen molar-refractivity contribution in [1.29, 1.82) is 0 Å². The predicted molar refractivity (Wildman–Crippen MR) is 86.0 cm³/mol. The second-order valence-corrected chi connectivity index (χ2v) is 5.04. The molecule has 0 fully saturated rings. The molecule has 0 unspecified atom stereocenters. The fourth-order valence-electron chi connectivity index (χ4n) is 2.27. The summed E-state index contributed by atoms with van der Waals surface area (Å²) in [5, 5.41) is 25.3. The van der Waals surface area contributed by atoms with Crippen LogP contribution < -0.4 is 5.49 Å². The fourth-order valence-corrected chi connectivity index (χ4v) is 2.27. The second kappa shape index (κ2) is 6.78. The summed E-state index contributed by atoms with van der Waals surface area (Å²) in [4.78, 5) is 16.3. The van der Waals surface area contributed by atoms with Crippen molar-refractivity contribution >= 4 is 5.82 Å². The number of nitrogens with zero attached hydrogens (tertiary/aromatic N) is 5. The Labute approximate surface area is 137 Å². The Morgan fingerprint density at radius 1 is 1.08 bits per heavy atom. The molecule has 0 spiro atoms. The topological polar surface area (TPSA) is 98.5 Å². The molecule has 0 radical (unpaired) electrons. The summed E-state index contributed by atoms with van der Waals surface area (Å²) in [6, 6.07) is 18.3. The Balaban J connectivity index is 1.95. The summed E-state index contributed by atoms with van der Waals surface area (Å²) >= 11 is 0. The van der Waals surface area contributed by atoms with Crippen LogP contribution in [0.1, 0.15) is 5.56 Å². The first-order valence-corrected chi connectivity index (χ1v) is 7.32. The number of benzene rings is 2. The largest absolute Gasteiger partial charge is 0.438 e. The molecule has 0 saturated heterocycles. The van der Waals surface area contributed by atoms with E-state index in [9.17, 15) is 15.3 Å². The van der Waals surface area contributed by atoms with Gasteiger partial charge in [-0.1, -0.05) is 53.4 Å². The summed E-state index contributed by atoms with van der Waals surface area (Å²) in [5.74, 6) is -0.491. The van der Waals surface area contributed by atoms with E-state index in [1.807, 2.05) is 30.3 Å². The SMILES string of the molecule is O=[N+]([O-])c1nn(-c2ccccc2)n(O)c1=NCCc1ccccc1. The molecule has 0 bridgehead atoms. The van der Waals surface area contributed by atoms with E-state index in [1.165, 1.54) is 0 Å². The number of nitro groups is 1. The van der Waals surface area contributed by atoms with Gasteiger partial charge in [0.1, 0.15) is 5.69 Å². The monoisotopic (exact) mass is 325 g/mol. The van der Waals surface area contributed by atoms with E-state index in [-0.39, 0.29) is 5.49 Å². The average molecular weight is 325 g/mol. The maximum absolute atomic E-state index is 11.2. The van der Waals surface area contributed by atoms with Crippen LogP contribution in [0, 0.1) is 10.1 Å². The third-order valence-electron chi connectivity index (χ3n) is 3.42. The lowest BCUT2D eigenvalue weighted by Crippen LogP contribution is -2.22. The normalized spacial score (nSPS) is 11.6. The van der Waals surface area contributed by atoms with Gasteiger partial charge in [-0.05, 0) is 33.8 Å². The highest BCUT2D eigenvalue weighted by Crippen LogP contribution is 2.07. The molecule has 0 atom stereocenters. The van der Waals surface area contributed by atoms with Gasteiger partial charge in [-0.2, -0.15) is 0 Å². The van der Waals surface area contributed by atoms with Crippen LogP contribution in [0.3, 0.4) is 0 Å². The van der Waals surface area contributed by atoms with E-state index in [4.69, 9.17) is 0 Å². The Bertz CT molecular complexity index is 900. The summed E-state index contributed by atoms with van der Waals surface area (Å²) in [6.45, 7) is 0.298. The Hall–Kier alpha value is -3.42. The van der Waals surface area contributed by atoms with Crippen LogP contribution in [-0.4, -0.2) is 31.4 Å². The van der Waals surface area contributed by atoms with Crippen LogP contribution in [0.2, 0.25) is 0 Å². The maximum atomic E-state index is 11.2. The van der Waals surface area contributed by atoms with Crippen molar-refractivity contribution in [3.05, 3.63) is 81.8 Å². The number of para-hydroxylation sites is 1. The molecule has 0 amide bonds. The zero-order valence-electron chi connectivity index (χ0n) is 12.7. The van der Waals surface area contributed by atoms with Gasteiger partial charge in [0.15, 0.2) is 0 Å². The van der Waals surface area contributed by atoms with E-state index in [1.54, 1.807) is 30.3 Å². The first-order chi connectivity index (χ1) is 11.7. The quantitative estimate of drug-likeness (QED) is 0.440. The minimum Gasteiger partial charge on any atom is -0.409 e. The van der Waals surface area contributed by atoms with Crippen LogP contribution in [0.5, 0.6) is 0 Å². The molecular formula is C16H15N5O3. The lowest BCUT2D eigenvalue weighted by molar-refractivity contribution is -0.391. The molecule has 1 N–H and O–H groups in total. The highest BCUT2D eigenvalue weighted by atomic mass is 16.6. The fraction of sp³-hybridized carbons (Fsp3) is 0.125. The number of aromatic nitrogens is 3. The summed E-state index contributed by atoms with van der Waals surface area (Å²) in [5.41, 5.74) is 1.37. The molecule has 122 valence electrons. The molecule has 24 heavy (non-hydrogen) atoms. The van der Waals surface area contributed by atoms with Gasteiger partial charge in [-0.25, -0.2) is 0 Å². The summed E-state index contributed by atoms with van der Waals surface area (Å²) < 4.78 is 0. The van der Waals surface area contributed by atoms with Crippen LogP contribution in [0.25, 0.3) is 5.69 Å². The third kappa shape index (κ3) is 3.17. The van der Waals surface area contributed by atoms with E-state index < -0.39 is 10.7 Å². The van der Waals surface area contributed by atoms with E-state index in [2.05, 4.69) is 10.1 Å². The molecule has 0 aliphatic carbocycles. The number of hydrogen-bond donors (Lipinski definition) is 1. The van der Waals surface area contributed by atoms with Gasteiger partial charge in [-0.3, -0.25) is 4.99 Å². The van der Waals surface area contributed by atoms with E-state index in [0.29, 0.717) is 23.5 Å². The van der Waals surface area contributed by atoms with Crippen LogP contribution in [0.15, 0.2) is 65.7 Å². The Morgan fingerprint density at radius 3 is 2.33 bits per heavy atom. The van der Waals surface area contributed by atoms with Crippen molar-refractivity contribution in [3.63, 3.8) is 0 Å². The minimum atomic E-state index is -0.659. The molecule has 1 aromatic heterocycles. The number of rotatable bonds is 5. The first-order valence-electron chi connectivity index (χ1n) is 7.32. The van der Waals surface area contributed by atoms with Crippen molar-refractivity contribution in [2.24, 2.45) is 4.99 Å². The highest BCUT2D eigenvalue weighted by Gasteiger charge is 2.23. The van der Waals surface area contributed by atoms with E-state index in [0.717, 1.165) is 10.4 Å². The smallest absolute Gasteiger partial charge is 0.409 e. The van der Waals surface area contributed by atoms with Crippen molar-refractivity contribution in [3.8, 4) is 5.69 Å². The predicted octanol–water partition coefficient (Wildman–Crippen LogP) is 1.96. The zero-order chi connectivity index (χ0) is 16.9. The highest BCUT2D eigenvalue weighted by molar-refractivity contribution is 5.29. The van der Waals surface area contributed by atoms with Crippen molar-refractivity contribution in [2.75, 3.05) is 6.54 Å². The molecule has 8 heteroatoms. The van der Waals surface area contributed by atoms with Gasteiger partial charge in [0.25, 0.3) is 5.49 Å². The van der Waals surface area contributed by atoms with Crippen LogP contribution in [-0.2, 0) is 6.42 Å². The second-order valence-electron chi connectivity index (χ2n) is 5.04. The summed E-state index contributed by atoms with van der Waals surface area (Å²) in [6.07, 6.45) is 0.606. The lowest BCUT2D eigenvalue weighted by Gasteiger charge is -1.99. The molecule has 1 heterocycles. The lowest BCUT2D eigenvalue weighted by atomic mass is 10.2. The van der Waals surface area contributed by atoms with Gasteiger partial charge in [0.2, 0.25) is 0 Å².